The molecule has 0 saturated carbocycles. The van der Waals surface area contributed by atoms with Gasteiger partial charge in [0.2, 0.25) is 5.91 Å². The molecule has 4 rings (SSSR count). The maximum Gasteiger partial charge on any atom is 0.224 e. The molecule has 2 aromatic carbocycles. The van der Waals surface area contributed by atoms with Crippen molar-refractivity contribution in [1.29, 1.82) is 0 Å². The van der Waals surface area contributed by atoms with Crippen LogP contribution in [-0.4, -0.2) is 19.0 Å². The van der Waals surface area contributed by atoms with Crippen LogP contribution >= 0.6 is 0 Å². The first-order valence-electron chi connectivity index (χ1n) is 8.84. The average molecular weight is 334 g/mol. The minimum atomic E-state index is -0.228. The fraction of sp³-hybridized carbons (Fsp3) is 0.286. The zero-order chi connectivity index (χ0) is 17.4. The number of fused-ring (bicyclic) bond motifs is 2. The van der Waals surface area contributed by atoms with Gasteiger partial charge in [0.25, 0.3) is 0 Å². The van der Waals surface area contributed by atoms with E-state index in [9.17, 15) is 10.0 Å². The molecule has 0 spiro atoms. The highest BCUT2D eigenvalue weighted by Gasteiger charge is 2.27. The van der Waals surface area contributed by atoms with Crippen LogP contribution in [-0.2, 0) is 11.3 Å². The quantitative estimate of drug-likeness (QED) is 0.576. The molecule has 0 bridgehead atoms. The zero-order valence-electron chi connectivity index (χ0n) is 14.4. The number of amides is 1. The van der Waals surface area contributed by atoms with E-state index in [1.54, 1.807) is 11.8 Å². The van der Waals surface area contributed by atoms with Gasteiger partial charge in [0.05, 0.1) is 25.3 Å². The number of anilines is 1. The first-order chi connectivity index (χ1) is 12.1. The van der Waals surface area contributed by atoms with Crippen molar-refractivity contribution >= 4 is 29.4 Å². The average Bonchev–Trinajstić information content (AvgIpc) is 3.04. The van der Waals surface area contributed by atoms with E-state index in [4.69, 9.17) is 0 Å². The lowest BCUT2D eigenvalue weighted by Gasteiger charge is -2.38. The predicted octanol–water partition coefficient (Wildman–Crippen LogP) is 4.32. The highest BCUT2D eigenvalue weighted by atomic mass is 16.5. The SMILES string of the molecule is CC(=O)N1Cc2ccc([N+]3([O-])CCCC3)cc2C=Cc2ccccc21. The molecule has 25 heavy (non-hydrogen) atoms. The third kappa shape index (κ3) is 2.88. The molecule has 1 fully saturated rings. The molecule has 2 heterocycles. The summed E-state index contributed by atoms with van der Waals surface area (Å²) in [4.78, 5) is 14.0. The van der Waals surface area contributed by atoms with Crippen molar-refractivity contribution in [1.82, 2.24) is 4.65 Å². The molecule has 1 amide bonds. The van der Waals surface area contributed by atoms with Crippen LogP contribution in [0.1, 0.15) is 36.5 Å². The second kappa shape index (κ2) is 6.14. The number of carbonyl (C=O) groups is 1. The largest absolute Gasteiger partial charge is 0.627 e. The van der Waals surface area contributed by atoms with E-state index in [1.807, 2.05) is 48.5 Å². The summed E-state index contributed by atoms with van der Waals surface area (Å²) in [6, 6.07) is 13.9. The van der Waals surface area contributed by atoms with Crippen LogP contribution in [0.4, 0.5) is 11.4 Å². The van der Waals surface area contributed by atoms with Crippen LogP contribution < -0.4 is 9.55 Å². The van der Waals surface area contributed by atoms with Gasteiger partial charge >= 0.3 is 0 Å². The summed E-state index contributed by atoms with van der Waals surface area (Å²) in [6.07, 6.45) is 6.08. The number of quaternary nitrogens is 1. The number of hydrogen-bond acceptors (Lipinski definition) is 2. The molecule has 0 N–H and O–H groups in total. The maximum atomic E-state index is 13.0. The second-order valence-electron chi connectivity index (χ2n) is 6.92. The van der Waals surface area contributed by atoms with Crippen molar-refractivity contribution in [2.75, 3.05) is 18.0 Å². The number of para-hydroxylation sites is 1. The van der Waals surface area contributed by atoms with Gasteiger partial charge in [0, 0.05) is 25.8 Å². The molecule has 2 aliphatic rings. The van der Waals surface area contributed by atoms with Crippen LogP contribution in [0.3, 0.4) is 0 Å². The van der Waals surface area contributed by atoms with Crippen LogP contribution in [0.25, 0.3) is 12.2 Å². The van der Waals surface area contributed by atoms with E-state index in [-0.39, 0.29) is 10.6 Å². The molecule has 2 aliphatic heterocycles. The molecular weight excluding hydrogens is 312 g/mol. The first kappa shape index (κ1) is 16.1. The molecule has 0 radical (unpaired) electrons. The van der Waals surface area contributed by atoms with Gasteiger partial charge in [-0.15, -0.1) is 0 Å². The zero-order valence-corrected chi connectivity index (χ0v) is 14.4. The Morgan fingerprint density at radius 1 is 1.04 bits per heavy atom. The monoisotopic (exact) mass is 334 g/mol. The summed E-state index contributed by atoms with van der Waals surface area (Å²) < 4.78 is -0.228. The number of nitrogens with zero attached hydrogens (tertiary/aromatic N) is 2. The fourth-order valence-electron chi connectivity index (χ4n) is 3.83. The molecular formula is C21H22N2O2. The Labute approximate surface area is 148 Å². The van der Waals surface area contributed by atoms with Crippen LogP contribution in [0, 0.1) is 5.21 Å². The summed E-state index contributed by atoms with van der Waals surface area (Å²) in [5, 5.41) is 13.0. The van der Waals surface area contributed by atoms with E-state index >= 15 is 0 Å². The van der Waals surface area contributed by atoms with Crippen LogP contribution in [0.2, 0.25) is 0 Å². The maximum absolute atomic E-state index is 13.0. The molecule has 128 valence electrons. The topological polar surface area (TPSA) is 43.4 Å². The minimum absolute atomic E-state index is 0.0182. The fourth-order valence-corrected chi connectivity index (χ4v) is 3.83. The van der Waals surface area contributed by atoms with E-state index in [0.29, 0.717) is 19.6 Å². The highest BCUT2D eigenvalue weighted by molar-refractivity contribution is 5.95. The van der Waals surface area contributed by atoms with Gasteiger partial charge in [-0.05, 0) is 28.8 Å². The van der Waals surface area contributed by atoms with Crippen molar-refractivity contribution in [3.05, 3.63) is 64.4 Å². The smallest absolute Gasteiger partial charge is 0.224 e. The van der Waals surface area contributed by atoms with Gasteiger partial charge in [-0.25, -0.2) is 0 Å². The number of hydroxylamine groups is 2. The van der Waals surface area contributed by atoms with Crippen molar-refractivity contribution in [2.45, 2.75) is 26.3 Å². The Hall–Kier alpha value is -2.43. The van der Waals surface area contributed by atoms with E-state index in [1.165, 1.54) is 0 Å². The molecule has 2 aromatic rings. The molecule has 1 saturated heterocycles. The lowest BCUT2D eigenvalue weighted by molar-refractivity contribution is -0.116. The minimum Gasteiger partial charge on any atom is -0.627 e. The summed E-state index contributed by atoms with van der Waals surface area (Å²) in [5.41, 5.74) is 4.85. The normalized spacial score (nSPS) is 18.2. The number of rotatable bonds is 1. The number of carbonyl (C=O) groups excluding carboxylic acids is 1. The lowest BCUT2D eigenvalue weighted by Crippen LogP contribution is -2.39. The molecule has 0 unspecified atom stereocenters. The van der Waals surface area contributed by atoms with Crippen molar-refractivity contribution in [3.63, 3.8) is 0 Å². The Kier molecular flexibility index (Phi) is 3.94. The molecule has 0 aliphatic carbocycles. The Morgan fingerprint density at radius 3 is 2.52 bits per heavy atom. The first-order valence-corrected chi connectivity index (χ1v) is 8.84. The Morgan fingerprint density at radius 2 is 1.76 bits per heavy atom. The lowest BCUT2D eigenvalue weighted by atomic mass is 10.00. The molecule has 4 heteroatoms. The number of hydrogen-bond donors (Lipinski definition) is 0. The Bertz CT molecular complexity index is 851. The van der Waals surface area contributed by atoms with E-state index in [2.05, 4.69) is 6.08 Å². The molecule has 0 aromatic heterocycles. The van der Waals surface area contributed by atoms with Gasteiger partial charge in [0.15, 0.2) is 0 Å². The van der Waals surface area contributed by atoms with Gasteiger partial charge in [-0.2, -0.15) is 0 Å². The standard InChI is InChI=1S/C21H22N2O2/c1-16(24)22-15-19-10-11-20(23(25)12-4-5-13-23)14-18(19)9-8-17-6-2-3-7-21(17)22/h2-3,6-11,14H,4-5,12-13,15H2,1H3. The van der Waals surface area contributed by atoms with Crippen molar-refractivity contribution in [2.24, 2.45) is 0 Å². The van der Waals surface area contributed by atoms with Crippen LogP contribution in [0.15, 0.2) is 42.5 Å². The summed E-state index contributed by atoms with van der Waals surface area (Å²) in [7, 11) is 0. The third-order valence-electron chi connectivity index (χ3n) is 5.27. The predicted molar refractivity (Wildman–Crippen MR) is 103 cm³/mol. The van der Waals surface area contributed by atoms with E-state index in [0.717, 1.165) is 40.9 Å². The number of benzene rings is 2. The van der Waals surface area contributed by atoms with Crippen LogP contribution in [0.5, 0.6) is 0 Å². The van der Waals surface area contributed by atoms with Crippen molar-refractivity contribution in [3.8, 4) is 0 Å². The molecule has 4 nitrogen and oxygen atoms in total. The van der Waals surface area contributed by atoms with Gasteiger partial charge in [-0.3, -0.25) is 4.79 Å². The van der Waals surface area contributed by atoms with Crippen molar-refractivity contribution < 1.29 is 4.79 Å². The van der Waals surface area contributed by atoms with E-state index < -0.39 is 0 Å². The van der Waals surface area contributed by atoms with Gasteiger partial charge < -0.3 is 14.8 Å². The summed E-state index contributed by atoms with van der Waals surface area (Å²) in [5.74, 6) is 0.0182. The summed E-state index contributed by atoms with van der Waals surface area (Å²) >= 11 is 0. The van der Waals surface area contributed by atoms with Gasteiger partial charge in [0.1, 0.15) is 5.69 Å². The summed E-state index contributed by atoms with van der Waals surface area (Å²) in [6.45, 7) is 3.43. The Balaban J connectivity index is 1.81. The second-order valence-corrected chi connectivity index (χ2v) is 6.92. The highest BCUT2D eigenvalue weighted by Crippen LogP contribution is 2.34. The molecule has 0 atom stereocenters. The third-order valence-corrected chi connectivity index (χ3v) is 5.27. The van der Waals surface area contributed by atoms with Gasteiger partial charge in [-0.1, -0.05) is 36.4 Å².